The summed E-state index contributed by atoms with van der Waals surface area (Å²) in [6.45, 7) is 5.68. The number of hydrogen-bond acceptors (Lipinski definition) is 3. The van der Waals surface area contributed by atoms with E-state index < -0.39 is 11.4 Å². The minimum Gasteiger partial charge on any atom is -0.481 e. The second-order valence-electron chi connectivity index (χ2n) is 4.18. The number of carboxylic acids is 1. The lowest BCUT2D eigenvalue weighted by atomic mass is 9.77. The van der Waals surface area contributed by atoms with Gasteiger partial charge in [-0.2, -0.15) is 0 Å². The number of piperidine rings is 1. The van der Waals surface area contributed by atoms with Gasteiger partial charge in [-0.3, -0.25) is 9.69 Å². The van der Waals surface area contributed by atoms with Crippen LogP contribution in [0.4, 0.5) is 0 Å². The molecule has 0 aliphatic carbocycles. The zero-order valence-electron chi connectivity index (χ0n) is 8.98. The van der Waals surface area contributed by atoms with E-state index in [2.05, 4.69) is 6.58 Å². The molecule has 0 aromatic heterocycles. The van der Waals surface area contributed by atoms with Crippen LogP contribution < -0.4 is 0 Å². The van der Waals surface area contributed by atoms with Crippen molar-refractivity contribution < 1.29 is 15.0 Å². The van der Waals surface area contributed by atoms with Crippen molar-refractivity contribution in [2.45, 2.75) is 19.3 Å². The van der Waals surface area contributed by atoms with Crippen LogP contribution in [0.5, 0.6) is 0 Å². The lowest BCUT2D eigenvalue weighted by Crippen LogP contribution is -2.48. The van der Waals surface area contributed by atoms with E-state index in [1.165, 1.54) is 0 Å². The van der Waals surface area contributed by atoms with Crippen molar-refractivity contribution in [2.75, 3.05) is 26.2 Å². The number of likely N-dealkylation sites (tertiary alicyclic amines) is 1. The summed E-state index contributed by atoms with van der Waals surface area (Å²) in [6, 6.07) is 0. The summed E-state index contributed by atoms with van der Waals surface area (Å²) in [5.74, 6) is -0.745. The fourth-order valence-corrected chi connectivity index (χ4v) is 2.26. The van der Waals surface area contributed by atoms with Crippen LogP contribution in [0, 0.1) is 5.41 Å². The number of aliphatic hydroxyl groups is 1. The first-order valence-electron chi connectivity index (χ1n) is 5.32. The van der Waals surface area contributed by atoms with Crippen molar-refractivity contribution in [2.24, 2.45) is 5.41 Å². The molecule has 1 fully saturated rings. The molecular weight excluding hydrogens is 194 g/mol. The fourth-order valence-electron chi connectivity index (χ4n) is 2.26. The Hall–Kier alpha value is -0.870. The van der Waals surface area contributed by atoms with Gasteiger partial charge in [-0.05, 0) is 25.8 Å². The Morgan fingerprint density at radius 2 is 2.33 bits per heavy atom. The van der Waals surface area contributed by atoms with Gasteiger partial charge < -0.3 is 10.2 Å². The SMILES string of the molecule is C=CCC1(C(=O)O)CCCN(CCO)C1. The molecule has 0 aromatic rings. The maximum atomic E-state index is 11.3. The summed E-state index contributed by atoms with van der Waals surface area (Å²) >= 11 is 0. The fraction of sp³-hybridized carbons (Fsp3) is 0.727. The van der Waals surface area contributed by atoms with E-state index >= 15 is 0 Å². The molecule has 1 aliphatic rings. The van der Waals surface area contributed by atoms with E-state index in [0.717, 1.165) is 13.0 Å². The number of rotatable bonds is 5. The largest absolute Gasteiger partial charge is 0.481 e. The van der Waals surface area contributed by atoms with E-state index in [1.54, 1.807) is 6.08 Å². The molecule has 4 nitrogen and oxygen atoms in total. The van der Waals surface area contributed by atoms with E-state index in [0.29, 0.717) is 25.9 Å². The Balaban J connectivity index is 2.70. The molecular formula is C11H19NO3. The van der Waals surface area contributed by atoms with Crippen LogP contribution in [0.15, 0.2) is 12.7 Å². The van der Waals surface area contributed by atoms with Crippen LogP contribution in [-0.2, 0) is 4.79 Å². The van der Waals surface area contributed by atoms with Gasteiger partial charge in [0.15, 0.2) is 0 Å². The molecule has 0 amide bonds. The quantitative estimate of drug-likeness (QED) is 0.661. The summed E-state index contributed by atoms with van der Waals surface area (Å²) in [7, 11) is 0. The highest BCUT2D eigenvalue weighted by atomic mass is 16.4. The summed E-state index contributed by atoms with van der Waals surface area (Å²) in [4.78, 5) is 13.3. The first-order chi connectivity index (χ1) is 7.14. The first-order valence-corrected chi connectivity index (χ1v) is 5.32. The third-order valence-electron chi connectivity index (χ3n) is 3.06. The molecule has 0 saturated carbocycles. The van der Waals surface area contributed by atoms with E-state index in [1.807, 2.05) is 4.90 Å². The Morgan fingerprint density at radius 3 is 2.87 bits per heavy atom. The maximum Gasteiger partial charge on any atom is 0.311 e. The summed E-state index contributed by atoms with van der Waals surface area (Å²) < 4.78 is 0. The van der Waals surface area contributed by atoms with Crippen molar-refractivity contribution in [3.63, 3.8) is 0 Å². The number of carbonyl (C=O) groups is 1. The van der Waals surface area contributed by atoms with Crippen molar-refractivity contribution >= 4 is 5.97 Å². The van der Waals surface area contributed by atoms with Crippen LogP contribution in [0.3, 0.4) is 0 Å². The van der Waals surface area contributed by atoms with Crippen molar-refractivity contribution in [3.05, 3.63) is 12.7 Å². The Morgan fingerprint density at radius 1 is 1.60 bits per heavy atom. The molecule has 0 spiro atoms. The summed E-state index contributed by atoms with van der Waals surface area (Å²) in [5, 5.41) is 18.1. The van der Waals surface area contributed by atoms with Gasteiger partial charge in [0.05, 0.1) is 12.0 Å². The lowest BCUT2D eigenvalue weighted by molar-refractivity contribution is -0.152. The van der Waals surface area contributed by atoms with E-state index in [4.69, 9.17) is 5.11 Å². The number of carboxylic acid groups (broad SMARTS) is 1. The molecule has 1 rings (SSSR count). The average molecular weight is 213 g/mol. The van der Waals surface area contributed by atoms with Crippen LogP contribution >= 0.6 is 0 Å². The minimum absolute atomic E-state index is 0.0871. The number of hydrogen-bond donors (Lipinski definition) is 2. The monoisotopic (exact) mass is 213 g/mol. The van der Waals surface area contributed by atoms with Gasteiger partial charge in [0.25, 0.3) is 0 Å². The van der Waals surface area contributed by atoms with Crippen molar-refractivity contribution in [1.82, 2.24) is 4.90 Å². The molecule has 86 valence electrons. The topological polar surface area (TPSA) is 60.8 Å². The Kier molecular flexibility index (Phi) is 4.29. The number of β-amino-alcohol motifs (C(OH)–C–C–N with tert-alkyl or cyclic N) is 1. The molecule has 1 saturated heterocycles. The van der Waals surface area contributed by atoms with Crippen LogP contribution in [0.2, 0.25) is 0 Å². The molecule has 0 aromatic carbocycles. The van der Waals surface area contributed by atoms with Gasteiger partial charge in [0.1, 0.15) is 0 Å². The second kappa shape index (κ2) is 5.28. The number of nitrogens with zero attached hydrogens (tertiary/aromatic N) is 1. The molecule has 0 bridgehead atoms. The highest BCUT2D eigenvalue weighted by molar-refractivity contribution is 5.75. The zero-order chi connectivity index (χ0) is 11.3. The second-order valence-corrected chi connectivity index (χ2v) is 4.18. The molecule has 15 heavy (non-hydrogen) atoms. The molecule has 1 atom stereocenters. The zero-order valence-corrected chi connectivity index (χ0v) is 8.98. The number of aliphatic carboxylic acids is 1. The minimum atomic E-state index is -0.745. The van der Waals surface area contributed by atoms with Gasteiger partial charge >= 0.3 is 5.97 Å². The molecule has 1 aliphatic heterocycles. The van der Waals surface area contributed by atoms with Gasteiger partial charge in [0.2, 0.25) is 0 Å². The average Bonchev–Trinajstić information content (AvgIpc) is 2.19. The predicted octanol–water partition coefficient (Wildman–Crippen LogP) is 0.722. The van der Waals surface area contributed by atoms with Crippen LogP contribution in [0.25, 0.3) is 0 Å². The van der Waals surface area contributed by atoms with E-state index in [-0.39, 0.29) is 6.61 Å². The molecule has 1 unspecified atom stereocenters. The Bertz CT molecular complexity index is 240. The Labute approximate surface area is 90.2 Å². The molecule has 2 N–H and O–H groups in total. The van der Waals surface area contributed by atoms with Gasteiger partial charge in [-0.25, -0.2) is 0 Å². The summed E-state index contributed by atoms with van der Waals surface area (Å²) in [6.07, 6.45) is 3.76. The van der Waals surface area contributed by atoms with Crippen molar-refractivity contribution in [1.29, 1.82) is 0 Å². The molecule has 1 heterocycles. The third kappa shape index (κ3) is 2.79. The maximum absolute atomic E-state index is 11.3. The number of allylic oxidation sites excluding steroid dienone is 1. The first kappa shape index (κ1) is 12.2. The number of aliphatic hydroxyl groups excluding tert-OH is 1. The van der Waals surface area contributed by atoms with Gasteiger partial charge in [-0.15, -0.1) is 6.58 Å². The normalized spacial score (nSPS) is 27.5. The standard InChI is InChI=1S/C11H19NO3/c1-2-4-11(10(14)15)5-3-6-12(9-11)7-8-13/h2,13H,1,3-9H2,(H,14,15). The van der Waals surface area contributed by atoms with Crippen LogP contribution in [0.1, 0.15) is 19.3 Å². The smallest absolute Gasteiger partial charge is 0.311 e. The van der Waals surface area contributed by atoms with Gasteiger partial charge in [-0.1, -0.05) is 6.08 Å². The lowest BCUT2D eigenvalue weighted by Gasteiger charge is -2.39. The third-order valence-corrected chi connectivity index (χ3v) is 3.06. The van der Waals surface area contributed by atoms with Crippen LogP contribution in [-0.4, -0.2) is 47.3 Å². The van der Waals surface area contributed by atoms with E-state index in [9.17, 15) is 9.90 Å². The molecule has 4 heteroatoms. The van der Waals surface area contributed by atoms with Gasteiger partial charge in [0, 0.05) is 13.1 Å². The summed E-state index contributed by atoms with van der Waals surface area (Å²) in [5.41, 5.74) is -0.685. The molecule has 0 radical (unpaired) electrons. The highest BCUT2D eigenvalue weighted by Crippen LogP contribution is 2.34. The predicted molar refractivity (Wildman–Crippen MR) is 57.6 cm³/mol. The van der Waals surface area contributed by atoms with Crippen molar-refractivity contribution in [3.8, 4) is 0 Å². The highest BCUT2D eigenvalue weighted by Gasteiger charge is 2.40.